The van der Waals surface area contributed by atoms with E-state index in [2.05, 4.69) is 19.6 Å². The third-order valence-electron chi connectivity index (χ3n) is 5.56. The second-order valence-electron chi connectivity index (χ2n) is 7.34. The molecule has 0 spiro atoms. The van der Waals surface area contributed by atoms with Crippen molar-refractivity contribution < 1.29 is 9.59 Å². The van der Waals surface area contributed by atoms with Gasteiger partial charge in [-0.3, -0.25) is 9.59 Å². The molecule has 0 aromatic heterocycles. The molecular formula is C24H26Cl2N2O2. The van der Waals surface area contributed by atoms with Crippen LogP contribution in [0.1, 0.15) is 24.5 Å². The second-order valence-corrected chi connectivity index (χ2v) is 8.16. The third-order valence-corrected chi connectivity index (χ3v) is 6.20. The van der Waals surface area contributed by atoms with Gasteiger partial charge < -0.3 is 9.80 Å². The predicted molar refractivity (Wildman–Crippen MR) is 123 cm³/mol. The minimum absolute atomic E-state index is 0.0806. The first-order valence-corrected chi connectivity index (χ1v) is 11.0. The zero-order valence-electron chi connectivity index (χ0n) is 17.2. The van der Waals surface area contributed by atoms with E-state index in [1.165, 1.54) is 6.08 Å². The Labute approximate surface area is 188 Å². The second kappa shape index (κ2) is 10.1. The number of amides is 2. The van der Waals surface area contributed by atoms with Gasteiger partial charge in [-0.25, -0.2) is 0 Å². The van der Waals surface area contributed by atoms with Crippen LogP contribution in [-0.4, -0.2) is 47.8 Å². The molecule has 6 heteroatoms. The largest absolute Gasteiger partial charge is 0.339 e. The quantitative estimate of drug-likeness (QED) is 0.587. The monoisotopic (exact) mass is 444 g/mol. The van der Waals surface area contributed by atoms with E-state index in [1.54, 1.807) is 4.90 Å². The van der Waals surface area contributed by atoms with Crippen molar-refractivity contribution in [3.05, 3.63) is 70.2 Å². The topological polar surface area (TPSA) is 40.6 Å². The third kappa shape index (κ3) is 5.05. The minimum atomic E-state index is -0.0806. The number of carbonyl (C=O) groups is 2. The lowest BCUT2D eigenvalue weighted by molar-refractivity contribution is -0.137. The molecule has 0 saturated carbocycles. The van der Waals surface area contributed by atoms with Crippen LogP contribution in [0, 0.1) is 0 Å². The smallest absolute Gasteiger partial charge is 0.246 e. The summed E-state index contributed by atoms with van der Waals surface area (Å²) in [6, 6.07) is 11.7. The zero-order valence-corrected chi connectivity index (χ0v) is 18.7. The molecule has 0 aliphatic carbocycles. The van der Waals surface area contributed by atoms with Crippen molar-refractivity contribution in [3.63, 3.8) is 0 Å². The summed E-state index contributed by atoms with van der Waals surface area (Å²) in [5.41, 5.74) is 4.04. The van der Waals surface area contributed by atoms with E-state index in [-0.39, 0.29) is 11.8 Å². The lowest BCUT2D eigenvalue weighted by Gasteiger charge is -2.34. The molecule has 158 valence electrons. The maximum Gasteiger partial charge on any atom is 0.246 e. The van der Waals surface area contributed by atoms with Gasteiger partial charge in [0.05, 0.1) is 0 Å². The Kier molecular flexibility index (Phi) is 7.57. The van der Waals surface area contributed by atoms with E-state index in [0.29, 0.717) is 49.1 Å². The fraction of sp³-hybridized carbons (Fsp3) is 0.333. The van der Waals surface area contributed by atoms with Crippen LogP contribution in [0.2, 0.25) is 10.0 Å². The highest BCUT2D eigenvalue weighted by atomic mass is 35.5. The normalized spacial score (nSPS) is 14.0. The molecule has 30 heavy (non-hydrogen) atoms. The molecule has 0 bridgehead atoms. The standard InChI is InChI=1S/C24H26Cl2N2O2/c1-3-17-16-22(26)20(19-7-5-6-8-21(19)25)15-18(17)9-10-24(30)28-13-11-27(12-14-28)23(29)4-2/h4-8,15-16H,2-3,9-14H2,1H3. The molecule has 1 fully saturated rings. The van der Waals surface area contributed by atoms with Gasteiger partial charge in [0.15, 0.2) is 0 Å². The van der Waals surface area contributed by atoms with E-state index >= 15 is 0 Å². The van der Waals surface area contributed by atoms with Gasteiger partial charge in [0.25, 0.3) is 0 Å². The number of hydrogen-bond acceptors (Lipinski definition) is 2. The number of nitrogens with zero attached hydrogens (tertiary/aromatic N) is 2. The van der Waals surface area contributed by atoms with Crippen LogP contribution in [0.3, 0.4) is 0 Å². The lowest BCUT2D eigenvalue weighted by Crippen LogP contribution is -2.50. The number of halogens is 2. The SMILES string of the molecule is C=CC(=O)N1CCN(C(=O)CCc2cc(-c3ccccc3Cl)c(Cl)cc2CC)CC1. The van der Waals surface area contributed by atoms with Gasteiger partial charge >= 0.3 is 0 Å². The number of aryl methyl sites for hydroxylation is 2. The summed E-state index contributed by atoms with van der Waals surface area (Å²) < 4.78 is 0. The Morgan fingerprint density at radius 3 is 2.27 bits per heavy atom. The highest BCUT2D eigenvalue weighted by Crippen LogP contribution is 2.35. The molecule has 1 aliphatic rings. The zero-order chi connectivity index (χ0) is 21.7. The molecule has 1 aliphatic heterocycles. The molecule has 2 aromatic rings. The molecule has 3 rings (SSSR count). The first kappa shape index (κ1) is 22.4. The van der Waals surface area contributed by atoms with E-state index in [9.17, 15) is 9.59 Å². The molecule has 4 nitrogen and oxygen atoms in total. The average molecular weight is 445 g/mol. The van der Waals surface area contributed by atoms with Gasteiger partial charge in [0, 0.05) is 53.8 Å². The van der Waals surface area contributed by atoms with Crippen LogP contribution in [-0.2, 0) is 22.4 Å². The van der Waals surface area contributed by atoms with Crippen molar-refractivity contribution in [2.75, 3.05) is 26.2 Å². The fourth-order valence-corrected chi connectivity index (χ4v) is 4.34. The number of piperazine rings is 1. The Morgan fingerprint density at radius 2 is 1.63 bits per heavy atom. The molecular weight excluding hydrogens is 419 g/mol. The molecule has 1 saturated heterocycles. The first-order valence-electron chi connectivity index (χ1n) is 10.2. The molecule has 2 amide bonds. The average Bonchev–Trinajstić information content (AvgIpc) is 2.77. The summed E-state index contributed by atoms with van der Waals surface area (Å²) in [6.07, 6.45) is 3.23. The molecule has 0 radical (unpaired) electrons. The molecule has 0 unspecified atom stereocenters. The van der Waals surface area contributed by atoms with Crippen molar-refractivity contribution in [3.8, 4) is 11.1 Å². The summed E-state index contributed by atoms with van der Waals surface area (Å²) in [5, 5.41) is 1.32. The van der Waals surface area contributed by atoms with Crippen LogP contribution in [0.4, 0.5) is 0 Å². The number of rotatable bonds is 6. The van der Waals surface area contributed by atoms with Crippen LogP contribution < -0.4 is 0 Å². The van der Waals surface area contributed by atoms with Crippen molar-refractivity contribution in [1.29, 1.82) is 0 Å². The van der Waals surface area contributed by atoms with Crippen molar-refractivity contribution in [1.82, 2.24) is 9.80 Å². The van der Waals surface area contributed by atoms with E-state index in [0.717, 1.165) is 28.7 Å². The minimum Gasteiger partial charge on any atom is -0.339 e. The van der Waals surface area contributed by atoms with Crippen molar-refractivity contribution in [2.24, 2.45) is 0 Å². The number of benzene rings is 2. The van der Waals surface area contributed by atoms with Crippen LogP contribution >= 0.6 is 23.2 Å². The summed E-state index contributed by atoms with van der Waals surface area (Å²) in [7, 11) is 0. The fourth-order valence-electron chi connectivity index (χ4n) is 3.81. The van der Waals surface area contributed by atoms with Gasteiger partial charge in [-0.2, -0.15) is 0 Å². The van der Waals surface area contributed by atoms with E-state index in [4.69, 9.17) is 23.2 Å². The molecule has 0 atom stereocenters. The summed E-state index contributed by atoms with van der Waals surface area (Å²) >= 11 is 12.9. The summed E-state index contributed by atoms with van der Waals surface area (Å²) in [4.78, 5) is 28.0. The Morgan fingerprint density at radius 1 is 0.967 bits per heavy atom. The number of carbonyl (C=O) groups excluding carboxylic acids is 2. The Hall–Kier alpha value is -2.30. The van der Waals surface area contributed by atoms with E-state index < -0.39 is 0 Å². The van der Waals surface area contributed by atoms with E-state index in [1.807, 2.05) is 35.2 Å². The maximum atomic E-state index is 12.7. The summed E-state index contributed by atoms with van der Waals surface area (Å²) in [5.74, 6) is 0.0277. The van der Waals surface area contributed by atoms with Crippen molar-refractivity contribution in [2.45, 2.75) is 26.2 Å². The predicted octanol–water partition coefficient (Wildman–Crippen LogP) is 5.01. The first-order chi connectivity index (χ1) is 14.4. The van der Waals surface area contributed by atoms with Crippen LogP contribution in [0.15, 0.2) is 49.1 Å². The van der Waals surface area contributed by atoms with Gasteiger partial charge in [-0.05, 0) is 48.2 Å². The highest BCUT2D eigenvalue weighted by molar-refractivity contribution is 6.36. The van der Waals surface area contributed by atoms with Crippen LogP contribution in [0.25, 0.3) is 11.1 Å². The van der Waals surface area contributed by atoms with Gasteiger partial charge in [0.2, 0.25) is 11.8 Å². The van der Waals surface area contributed by atoms with Gasteiger partial charge in [-0.15, -0.1) is 0 Å². The van der Waals surface area contributed by atoms with Crippen molar-refractivity contribution >= 4 is 35.0 Å². The van der Waals surface area contributed by atoms with Gasteiger partial charge in [0.1, 0.15) is 0 Å². The van der Waals surface area contributed by atoms with Crippen LogP contribution in [0.5, 0.6) is 0 Å². The molecule has 2 aromatic carbocycles. The Balaban J connectivity index is 1.71. The summed E-state index contributed by atoms with van der Waals surface area (Å²) in [6.45, 7) is 7.83. The number of hydrogen-bond donors (Lipinski definition) is 0. The molecule has 1 heterocycles. The maximum absolute atomic E-state index is 12.7. The lowest BCUT2D eigenvalue weighted by atomic mass is 9.95. The van der Waals surface area contributed by atoms with Gasteiger partial charge in [-0.1, -0.05) is 54.9 Å². The highest BCUT2D eigenvalue weighted by Gasteiger charge is 2.23. The molecule has 0 N–H and O–H groups in total. The Bertz CT molecular complexity index is 950.